The molecule has 1 heterocycles. The molecule has 0 aliphatic carbocycles. The second-order valence-corrected chi connectivity index (χ2v) is 9.34. The van der Waals surface area contributed by atoms with Crippen LogP contribution >= 0.6 is 0 Å². The van der Waals surface area contributed by atoms with Gasteiger partial charge in [-0.2, -0.15) is 0 Å². The van der Waals surface area contributed by atoms with Gasteiger partial charge in [-0.15, -0.1) is 0 Å². The van der Waals surface area contributed by atoms with Crippen LogP contribution in [0.5, 0.6) is 0 Å². The summed E-state index contributed by atoms with van der Waals surface area (Å²) in [6.07, 6.45) is 1.61. The van der Waals surface area contributed by atoms with Gasteiger partial charge in [0.15, 0.2) is 0 Å². The van der Waals surface area contributed by atoms with Crippen LogP contribution < -0.4 is 10.6 Å². The molecule has 1 aromatic carbocycles. The SMILES string of the molecule is CC(C)N(CC1CCCN(CC(=O)NC(=O)Nc2ccccc2)C1)C(=O)OC(C)(C)C. The molecule has 0 saturated carbocycles. The predicted octanol–water partition coefficient (Wildman–Crippen LogP) is 3.69. The molecular formula is C23H36N4O4. The summed E-state index contributed by atoms with van der Waals surface area (Å²) in [6.45, 7) is 11.7. The quantitative estimate of drug-likeness (QED) is 0.715. The van der Waals surface area contributed by atoms with Crippen LogP contribution in [0.4, 0.5) is 15.3 Å². The van der Waals surface area contributed by atoms with Crippen LogP contribution in [0.3, 0.4) is 0 Å². The number of para-hydroxylation sites is 1. The van der Waals surface area contributed by atoms with E-state index in [2.05, 4.69) is 10.6 Å². The lowest BCUT2D eigenvalue weighted by Gasteiger charge is -2.37. The molecule has 8 heteroatoms. The number of carbonyl (C=O) groups is 3. The summed E-state index contributed by atoms with van der Waals surface area (Å²) in [6, 6.07) is 8.46. The number of piperidine rings is 1. The smallest absolute Gasteiger partial charge is 0.410 e. The average Bonchev–Trinajstić information content (AvgIpc) is 2.65. The summed E-state index contributed by atoms with van der Waals surface area (Å²) in [5.41, 5.74) is 0.0862. The number of nitrogens with one attached hydrogen (secondary N) is 2. The Morgan fingerprint density at radius 1 is 1.19 bits per heavy atom. The molecule has 0 aromatic heterocycles. The third kappa shape index (κ3) is 8.96. The Labute approximate surface area is 185 Å². The number of hydrogen-bond donors (Lipinski definition) is 2. The van der Waals surface area contributed by atoms with E-state index in [-0.39, 0.29) is 30.5 Å². The molecule has 0 spiro atoms. The van der Waals surface area contributed by atoms with Crippen LogP contribution in [0.2, 0.25) is 0 Å². The standard InChI is InChI=1S/C23H36N4O4/c1-17(2)27(22(30)31-23(3,4)5)15-18-10-9-13-26(14-18)16-20(28)25-21(29)24-19-11-7-6-8-12-19/h6-8,11-12,17-18H,9-10,13-16H2,1-5H3,(H2,24,25,28,29). The number of rotatable bonds is 6. The molecule has 0 radical (unpaired) electrons. The molecule has 4 amide bonds. The van der Waals surface area contributed by atoms with Gasteiger partial charge < -0.3 is 15.0 Å². The van der Waals surface area contributed by atoms with Crippen molar-refractivity contribution in [3.8, 4) is 0 Å². The number of imide groups is 1. The number of likely N-dealkylation sites (tertiary alicyclic amines) is 1. The number of hydrogen-bond acceptors (Lipinski definition) is 5. The van der Waals surface area contributed by atoms with E-state index in [0.717, 1.165) is 19.4 Å². The highest BCUT2D eigenvalue weighted by molar-refractivity contribution is 6.01. The normalized spacial score (nSPS) is 17.2. The number of benzene rings is 1. The summed E-state index contributed by atoms with van der Waals surface area (Å²) < 4.78 is 5.55. The highest BCUT2D eigenvalue weighted by atomic mass is 16.6. The first-order valence-electron chi connectivity index (χ1n) is 10.9. The molecule has 0 bridgehead atoms. The molecule has 8 nitrogen and oxygen atoms in total. The van der Waals surface area contributed by atoms with E-state index < -0.39 is 11.6 Å². The van der Waals surface area contributed by atoms with Crippen LogP contribution in [0.15, 0.2) is 30.3 Å². The third-order valence-electron chi connectivity index (χ3n) is 4.96. The summed E-state index contributed by atoms with van der Waals surface area (Å²) >= 11 is 0. The largest absolute Gasteiger partial charge is 0.444 e. The van der Waals surface area contributed by atoms with Crippen molar-refractivity contribution in [1.82, 2.24) is 15.1 Å². The van der Waals surface area contributed by atoms with E-state index in [1.54, 1.807) is 17.0 Å². The van der Waals surface area contributed by atoms with Crippen LogP contribution in [-0.2, 0) is 9.53 Å². The van der Waals surface area contributed by atoms with Gasteiger partial charge >= 0.3 is 12.1 Å². The summed E-state index contributed by atoms with van der Waals surface area (Å²) in [7, 11) is 0. The van der Waals surface area contributed by atoms with Crippen molar-refractivity contribution in [1.29, 1.82) is 0 Å². The van der Waals surface area contributed by atoms with Gasteiger partial charge in [0, 0.05) is 24.8 Å². The molecule has 2 rings (SSSR count). The molecule has 1 fully saturated rings. The van der Waals surface area contributed by atoms with Crippen LogP contribution in [0, 0.1) is 5.92 Å². The lowest BCUT2D eigenvalue weighted by molar-refractivity contribution is -0.121. The molecule has 1 aliphatic rings. The second-order valence-electron chi connectivity index (χ2n) is 9.34. The summed E-state index contributed by atoms with van der Waals surface area (Å²) in [5, 5.41) is 5.02. The summed E-state index contributed by atoms with van der Waals surface area (Å²) in [5.74, 6) is -0.100. The van der Waals surface area contributed by atoms with Gasteiger partial charge in [0.05, 0.1) is 6.54 Å². The molecule has 1 saturated heterocycles. The highest BCUT2D eigenvalue weighted by Gasteiger charge is 2.29. The van der Waals surface area contributed by atoms with E-state index >= 15 is 0 Å². The van der Waals surface area contributed by atoms with E-state index in [0.29, 0.717) is 18.8 Å². The van der Waals surface area contributed by atoms with Gasteiger partial charge in [0.2, 0.25) is 5.91 Å². The van der Waals surface area contributed by atoms with E-state index in [9.17, 15) is 14.4 Å². The van der Waals surface area contributed by atoms with Gasteiger partial charge in [-0.25, -0.2) is 9.59 Å². The number of nitrogens with zero attached hydrogens (tertiary/aromatic N) is 2. The maximum Gasteiger partial charge on any atom is 0.410 e. The Morgan fingerprint density at radius 3 is 2.48 bits per heavy atom. The zero-order chi connectivity index (χ0) is 23.0. The Bertz CT molecular complexity index is 746. The van der Waals surface area contributed by atoms with Gasteiger partial charge in [-0.3, -0.25) is 15.0 Å². The Morgan fingerprint density at radius 2 is 1.87 bits per heavy atom. The van der Waals surface area contributed by atoms with Gasteiger partial charge in [0.25, 0.3) is 0 Å². The lowest BCUT2D eigenvalue weighted by atomic mass is 9.97. The van der Waals surface area contributed by atoms with Crippen molar-refractivity contribution in [2.24, 2.45) is 5.92 Å². The van der Waals surface area contributed by atoms with Gasteiger partial charge in [0.1, 0.15) is 5.60 Å². The number of urea groups is 1. The molecule has 1 atom stereocenters. The van der Waals surface area contributed by atoms with Gasteiger partial charge in [-0.1, -0.05) is 18.2 Å². The van der Waals surface area contributed by atoms with Crippen molar-refractivity contribution >= 4 is 23.7 Å². The lowest BCUT2D eigenvalue weighted by Crippen LogP contribution is -2.49. The maximum atomic E-state index is 12.6. The number of ether oxygens (including phenoxy) is 1. The number of amides is 4. The molecule has 1 aliphatic heterocycles. The van der Waals surface area contributed by atoms with E-state index in [1.165, 1.54) is 0 Å². The number of carbonyl (C=O) groups excluding carboxylic acids is 3. The maximum absolute atomic E-state index is 12.6. The van der Waals surface area contributed by atoms with Crippen LogP contribution in [0.25, 0.3) is 0 Å². The predicted molar refractivity (Wildman–Crippen MR) is 121 cm³/mol. The van der Waals surface area contributed by atoms with Gasteiger partial charge in [-0.05, 0) is 72.1 Å². The third-order valence-corrected chi connectivity index (χ3v) is 4.96. The Balaban J connectivity index is 1.84. The fourth-order valence-electron chi connectivity index (χ4n) is 3.59. The van der Waals surface area contributed by atoms with E-state index in [1.807, 2.05) is 57.7 Å². The molecule has 1 aromatic rings. The monoisotopic (exact) mass is 432 g/mol. The minimum atomic E-state index is -0.541. The minimum absolute atomic E-state index is 0.0233. The zero-order valence-electron chi connectivity index (χ0n) is 19.3. The van der Waals surface area contributed by atoms with Crippen molar-refractivity contribution in [2.75, 3.05) is 31.5 Å². The molecular weight excluding hydrogens is 396 g/mol. The van der Waals surface area contributed by atoms with Crippen molar-refractivity contribution in [3.63, 3.8) is 0 Å². The topological polar surface area (TPSA) is 91.0 Å². The first kappa shape index (κ1) is 24.7. The second kappa shape index (κ2) is 11.1. The Kier molecular flexibility index (Phi) is 8.86. The number of anilines is 1. The first-order valence-corrected chi connectivity index (χ1v) is 10.9. The van der Waals surface area contributed by atoms with Crippen LogP contribution in [0.1, 0.15) is 47.5 Å². The van der Waals surface area contributed by atoms with E-state index in [4.69, 9.17) is 4.74 Å². The van der Waals surface area contributed by atoms with Crippen LogP contribution in [-0.4, -0.2) is 65.7 Å². The molecule has 1 unspecified atom stereocenters. The van der Waals surface area contributed by atoms with Crippen molar-refractivity contribution in [3.05, 3.63) is 30.3 Å². The zero-order valence-corrected chi connectivity index (χ0v) is 19.3. The Hall–Kier alpha value is -2.61. The fourth-order valence-corrected chi connectivity index (χ4v) is 3.59. The minimum Gasteiger partial charge on any atom is -0.444 e. The van der Waals surface area contributed by atoms with Crippen molar-refractivity contribution in [2.45, 2.75) is 59.1 Å². The summed E-state index contributed by atoms with van der Waals surface area (Å²) in [4.78, 5) is 40.7. The molecule has 172 valence electrons. The fraction of sp³-hybridized carbons (Fsp3) is 0.609. The highest BCUT2D eigenvalue weighted by Crippen LogP contribution is 2.20. The first-order chi connectivity index (χ1) is 14.5. The average molecular weight is 433 g/mol. The van der Waals surface area contributed by atoms with Crippen molar-refractivity contribution < 1.29 is 19.1 Å². The molecule has 31 heavy (non-hydrogen) atoms. The molecule has 2 N–H and O–H groups in total.